The quantitative estimate of drug-likeness (QED) is 0.672. The summed E-state index contributed by atoms with van der Waals surface area (Å²) in [6, 6.07) is 0.126. The Labute approximate surface area is 85.3 Å². The van der Waals surface area contributed by atoms with Crippen molar-refractivity contribution in [1.82, 2.24) is 10.2 Å². The molecule has 1 atom stereocenters. The van der Waals surface area contributed by atoms with Gasteiger partial charge in [-0.2, -0.15) is 0 Å². The van der Waals surface area contributed by atoms with Crippen molar-refractivity contribution < 1.29 is 9.90 Å². The molecule has 0 bridgehead atoms. The number of nitrogens with zero attached hydrogens (tertiary/aromatic N) is 1. The molecule has 1 amide bonds. The van der Waals surface area contributed by atoms with Gasteiger partial charge in [-0.15, -0.1) is 0 Å². The van der Waals surface area contributed by atoms with Crippen molar-refractivity contribution in [2.45, 2.75) is 33.2 Å². The Hall–Kier alpha value is -0.770. The summed E-state index contributed by atoms with van der Waals surface area (Å²) in [6.45, 7) is 8.58. The van der Waals surface area contributed by atoms with Crippen LogP contribution in [0.15, 0.2) is 0 Å². The maximum absolute atomic E-state index is 10.9. The van der Waals surface area contributed by atoms with Crippen molar-refractivity contribution >= 4 is 6.09 Å². The van der Waals surface area contributed by atoms with Crippen molar-refractivity contribution in [3.05, 3.63) is 0 Å². The predicted octanol–water partition coefficient (Wildman–Crippen LogP) is 1.37. The molecule has 1 heterocycles. The van der Waals surface area contributed by atoms with Gasteiger partial charge in [0.15, 0.2) is 0 Å². The van der Waals surface area contributed by atoms with Gasteiger partial charge in [0, 0.05) is 25.7 Å². The lowest BCUT2D eigenvalue weighted by Crippen LogP contribution is -2.54. The second kappa shape index (κ2) is 4.17. The number of hydrogen-bond acceptors (Lipinski definition) is 2. The number of rotatable bonds is 1. The average Bonchev–Trinajstić information content (AvgIpc) is 2.01. The normalized spacial score (nSPS) is 23.6. The molecule has 1 rings (SSSR count). The van der Waals surface area contributed by atoms with Gasteiger partial charge in [0.2, 0.25) is 0 Å². The average molecular weight is 200 g/mol. The van der Waals surface area contributed by atoms with Crippen molar-refractivity contribution in [1.29, 1.82) is 0 Å². The van der Waals surface area contributed by atoms with Crippen LogP contribution < -0.4 is 5.32 Å². The van der Waals surface area contributed by atoms with E-state index >= 15 is 0 Å². The summed E-state index contributed by atoms with van der Waals surface area (Å²) in [4.78, 5) is 12.5. The van der Waals surface area contributed by atoms with Gasteiger partial charge in [-0.05, 0) is 11.8 Å². The summed E-state index contributed by atoms with van der Waals surface area (Å²) in [6.07, 6.45) is 0.118. The molecule has 0 saturated carbocycles. The summed E-state index contributed by atoms with van der Waals surface area (Å²) < 4.78 is 0. The van der Waals surface area contributed by atoms with Crippen LogP contribution in [0, 0.1) is 5.41 Å². The fourth-order valence-corrected chi connectivity index (χ4v) is 1.90. The molecule has 1 saturated heterocycles. The summed E-state index contributed by atoms with van der Waals surface area (Å²) in [5.41, 5.74) is 0.178. The zero-order chi connectivity index (χ0) is 10.8. The lowest BCUT2D eigenvalue weighted by Gasteiger charge is -2.37. The van der Waals surface area contributed by atoms with Gasteiger partial charge in [0.05, 0.1) is 0 Å². The van der Waals surface area contributed by atoms with Crippen LogP contribution in [-0.4, -0.2) is 41.8 Å². The molecule has 0 aromatic carbocycles. The lowest BCUT2D eigenvalue weighted by atomic mass is 9.87. The second-order valence-corrected chi connectivity index (χ2v) is 5.10. The molecular weight excluding hydrogens is 180 g/mol. The summed E-state index contributed by atoms with van der Waals surface area (Å²) in [5.74, 6) is 0. The Kier molecular flexibility index (Phi) is 3.37. The Bertz CT molecular complexity index is 211. The molecule has 82 valence electrons. The summed E-state index contributed by atoms with van der Waals surface area (Å²) in [7, 11) is 0. The monoisotopic (exact) mass is 200 g/mol. The zero-order valence-corrected chi connectivity index (χ0v) is 9.21. The molecule has 2 N–H and O–H groups in total. The smallest absolute Gasteiger partial charge is 0.407 e. The van der Waals surface area contributed by atoms with E-state index in [1.807, 2.05) is 0 Å². The number of hydrogen-bond donors (Lipinski definition) is 2. The van der Waals surface area contributed by atoms with Gasteiger partial charge >= 0.3 is 6.09 Å². The number of piperazine rings is 1. The molecule has 4 nitrogen and oxygen atoms in total. The second-order valence-electron chi connectivity index (χ2n) is 5.10. The minimum absolute atomic E-state index is 0.126. The Morgan fingerprint density at radius 1 is 1.57 bits per heavy atom. The molecule has 0 unspecified atom stereocenters. The molecule has 0 aromatic rings. The molecule has 0 spiro atoms. The van der Waals surface area contributed by atoms with Crippen LogP contribution >= 0.6 is 0 Å². The van der Waals surface area contributed by atoms with Crippen molar-refractivity contribution in [3.63, 3.8) is 0 Å². The van der Waals surface area contributed by atoms with Gasteiger partial charge in [0.25, 0.3) is 0 Å². The van der Waals surface area contributed by atoms with Crippen molar-refractivity contribution in [2.24, 2.45) is 5.41 Å². The Morgan fingerprint density at radius 3 is 2.71 bits per heavy atom. The van der Waals surface area contributed by atoms with E-state index in [1.54, 1.807) is 4.90 Å². The standard InChI is InChI=1S/C10H20N2O2/c1-10(2,3)6-8-7-11-4-5-12(8)9(13)14/h8,11H,4-7H2,1-3H3,(H,13,14)/t8-/m0/s1. The summed E-state index contributed by atoms with van der Waals surface area (Å²) >= 11 is 0. The van der Waals surface area contributed by atoms with E-state index in [-0.39, 0.29) is 11.5 Å². The van der Waals surface area contributed by atoms with Crippen LogP contribution in [-0.2, 0) is 0 Å². The number of carboxylic acid groups (broad SMARTS) is 1. The van der Waals surface area contributed by atoms with Crippen LogP contribution in [0.25, 0.3) is 0 Å². The fourth-order valence-electron chi connectivity index (χ4n) is 1.90. The van der Waals surface area contributed by atoms with Crippen LogP contribution in [0.3, 0.4) is 0 Å². The lowest BCUT2D eigenvalue weighted by molar-refractivity contribution is 0.0958. The van der Waals surface area contributed by atoms with Crippen LogP contribution in [0.4, 0.5) is 4.79 Å². The van der Waals surface area contributed by atoms with E-state index in [4.69, 9.17) is 5.11 Å². The molecule has 0 aromatic heterocycles. The first-order chi connectivity index (χ1) is 6.40. The molecule has 0 radical (unpaired) electrons. The highest BCUT2D eigenvalue weighted by molar-refractivity contribution is 5.65. The Morgan fingerprint density at radius 2 is 2.21 bits per heavy atom. The summed E-state index contributed by atoms with van der Waals surface area (Å²) in [5, 5.41) is 12.2. The highest BCUT2D eigenvalue weighted by atomic mass is 16.4. The van der Waals surface area contributed by atoms with E-state index in [1.165, 1.54) is 0 Å². The predicted molar refractivity (Wildman–Crippen MR) is 55.5 cm³/mol. The highest BCUT2D eigenvalue weighted by Gasteiger charge is 2.29. The minimum atomic E-state index is -0.791. The third-order valence-corrected chi connectivity index (χ3v) is 2.44. The molecule has 14 heavy (non-hydrogen) atoms. The third kappa shape index (κ3) is 3.18. The molecule has 1 fully saturated rings. The first-order valence-electron chi connectivity index (χ1n) is 5.10. The maximum atomic E-state index is 10.9. The first kappa shape index (κ1) is 11.3. The van der Waals surface area contributed by atoms with E-state index in [9.17, 15) is 4.79 Å². The van der Waals surface area contributed by atoms with Gasteiger partial charge in [-0.25, -0.2) is 4.79 Å². The van der Waals surface area contributed by atoms with E-state index in [0.29, 0.717) is 6.54 Å². The third-order valence-electron chi connectivity index (χ3n) is 2.44. The topological polar surface area (TPSA) is 52.6 Å². The zero-order valence-electron chi connectivity index (χ0n) is 9.21. The molecule has 1 aliphatic rings. The van der Waals surface area contributed by atoms with E-state index < -0.39 is 6.09 Å². The number of nitrogens with one attached hydrogen (secondary N) is 1. The van der Waals surface area contributed by atoms with E-state index in [0.717, 1.165) is 19.5 Å². The van der Waals surface area contributed by atoms with Gasteiger partial charge in [-0.1, -0.05) is 20.8 Å². The molecule has 0 aliphatic carbocycles. The largest absolute Gasteiger partial charge is 0.465 e. The fraction of sp³-hybridized carbons (Fsp3) is 0.900. The highest BCUT2D eigenvalue weighted by Crippen LogP contribution is 2.24. The van der Waals surface area contributed by atoms with Crippen LogP contribution in [0.5, 0.6) is 0 Å². The Balaban J connectivity index is 2.59. The van der Waals surface area contributed by atoms with Crippen LogP contribution in [0.1, 0.15) is 27.2 Å². The van der Waals surface area contributed by atoms with Gasteiger partial charge in [0.1, 0.15) is 0 Å². The molecule has 4 heteroatoms. The molecular formula is C10H20N2O2. The minimum Gasteiger partial charge on any atom is -0.465 e. The number of carbonyl (C=O) groups is 1. The number of amides is 1. The van der Waals surface area contributed by atoms with Crippen molar-refractivity contribution in [2.75, 3.05) is 19.6 Å². The molecule has 1 aliphatic heterocycles. The maximum Gasteiger partial charge on any atom is 0.407 e. The first-order valence-corrected chi connectivity index (χ1v) is 5.10. The van der Waals surface area contributed by atoms with E-state index in [2.05, 4.69) is 26.1 Å². The van der Waals surface area contributed by atoms with Gasteiger partial charge < -0.3 is 15.3 Å². The SMILES string of the molecule is CC(C)(C)C[C@H]1CNCCN1C(=O)O. The van der Waals surface area contributed by atoms with Gasteiger partial charge in [-0.3, -0.25) is 0 Å². The van der Waals surface area contributed by atoms with Crippen LogP contribution in [0.2, 0.25) is 0 Å². The van der Waals surface area contributed by atoms with Crippen molar-refractivity contribution in [3.8, 4) is 0 Å².